The van der Waals surface area contributed by atoms with Gasteiger partial charge in [0.2, 0.25) is 0 Å². The van der Waals surface area contributed by atoms with Gasteiger partial charge in [-0.1, -0.05) is 39.0 Å². The van der Waals surface area contributed by atoms with Gasteiger partial charge in [-0.15, -0.1) is 0 Å². The smallest absolute Gasteiger partial charge is 0.310 e. The molecule has 7 unspecified atom stereocenters. The number of unbranched alkanes of at least 4 members (excludes halogenated alkanes) is 4. The lowest BCUT2D eigenvalue weighted by molar-refractivity contribution is -0.157. The summed E-state index contributed by atoms with van der Waals surface area (Å²) in [5.74, 6) is 0.280. The van der Waals surface area contributed by atoms with Crippen molar-refractivity contribution in [2.24, 2.45) is 17.3 Å². The summed E-state index contributed by atoms with van der Waals surface area (Å²) in [6, 6.07) is 0. The predicted molar refractivity (Wildman–Crippen MR) is 95.4 cm³/mol. The Labute approximate surface area is 151 Å². The molecule has 4 rings (SSSR count). The van der Waals surface area contributed by atoms with E-state index in [0.29, 0.717) is 30.1 Å². The number of epoxide rings is 2. The number of fused-ring (bicyclic) bond motifs is 2. The van der Waals surface area contributed by atoms with Crippen LogP contribution >= 0.6 is 0 Å². The first-order valence-electron chi connectivity index (χ1n) is 10.7. The van der Waals surface area contributed by atoms with Gasteiger partial charge in [-0.3, -0.25) is 4.79 Å². The largest absolute Gasteiger partial charge is 0.481 e. The molecule has 0 aromatic carbocycles. The molecule has 2 aliphatic carbocycles. The van der Waals surface area contributed by atoms with Crippen molar-refractivity contribution in [2.45, 2.75) is 108 Å². The maximum atomic E-state index is 12.5. The van der Waals surface area contributed by atoms with Gasteiger partial charge in [0.25, 0.3) is 0 Å². The van der Waals surface area contributed by atoms with Crippen molar-refractivity contribution in [2.75, 3.05) is 0 Å². The van der Waals surface area contributed by atoms with Crippen LogP contribution in [0.2, 0.25) is 0 Å². The fourth-order valence-electron chi connectivity index (χ4n) is 5.89. The van der Waals surface area contributed by atoms with E-state index in [4.69, 9.17) is 9.47 Å². The minimum absolute atomic E-state index is 0.223. The number of aliphatic carboxylic acids is 1. The number of ether oxygens (including phenoxy) is 2. The summed E-state index contributed by atoms with van der Waals surface area (Å²) < 4.78 is 11.5. The molecule has 2 saturated carbocycles. The monoisotopic (exact) mass is 350 g/mol. The fourth-order valence-corrected chi connectivity index (χ4v) is 5.89. The van der Waals surface area contributed by atoms with Crippen LogP contribution in [-0.2, 0) is 14.3 Å². The van der Waals surface area contributed by atoms with Gasteiger partial charge >= 0.3 is 5.97 Å². The lowest BCUT2D eigenvalue weighted by Crippen LogP contribution is -2.46. The van der Waals surface area contributed by atoms with Crippen molar-refractivity contribution in [1.29, 1.82) is 0 Å². The molecule has 142 valence electrons. The molecule has 2 saturated heterocycles. The highest BCUT2D eigenvalue weighted by Crippen LogP contribution is 2.56. The van der Waals surface area contributed by atoms with Crippen LogP contribution in [0.25, 0.3) is 0 Å². The molecule has 25 heavy (non-hydrogen) atoms. The van der Waals surface area contributed by atoms with Crippen molar-refractivity contribution < 1.29 is 19.4 Å². The van der Waals surface area contributed by atoms with Gasteiger partial charge in [0.15, 0.2) is 0 Å². The zero-order chi connectivity index (χ0) is 17.4. The maximum Gasteiger partial charge on any atom is 0.310 e. The van der Waals surface area contributed by atoms with Gasteiger partial charge in [-0.25, -0.2) is 0 Å². The quantitative estimate of drug-likeness (QED) is 0.489. The van der Waals surface area contributed by atoms with Crippen LogP contribution in [0.3, 0.4) is 0 Å². The fraction of sp³-hybridized carbons (Fsp3) is 0.952. The first-order valence-corrected chi connectivity index (χ1v) is 10.7. The van der Waals surface area contributed by atoms with Gasteiger partial charge in [0, 0.05) is 0 Å². The average Bonchev–Trinajstić information content (AvgIpc) is 3.51. The van der Waals surface area contributed by atoms with Gasteiger partial charge in [0.05, 0.1) is 29.8 Å². The van der Waals surface area contributed by atoms with E-state index in [0.717, 1.165) is 44.9 Å². The normalized spacial score (nSPS) is 43.0. The predicted octanol–water partition coefficient (Wildman–Crippen LogP) is 4.55. The minimum atomic E-state index is -0.557. The highest BCUT2D eigenvalue weighted by molar-refractivity contribution is 5.75. The van der Waals surface area contributed by atoms with Gasteiger partial charge in [-0.2, -0.15) is 0 Å². The van der Waals surface area contributed by atoms with Crippen molar-refractivity contribution in [3.05, 3.63) is 0 Å². The molecule has 7 atom stereocenters. The van der Waals surface area contributed by atoms with E-state index >= 15 is 0 Å². The van der Waals surface area contributed by atoms with Gasteiger partial charge in [0.1, 0.15) is 0 Å². The summed E-state index contributed by atoms with van der Waals surface area (Å²) in [5.41, 5.74) is -0.547. The summed E-state index contributed by atoms with van der Waals surface area (Å²) in [4.78, 5) is 12.5. The molecule has 0 aromatic heterocycles. The second-order valence-corrected chi connectivity index (χ2v) is 9.01. The highest BCUT2D eigenvalue weighted by Gasteiger charge is 2.59. The van der Waals surface area contributed by atoms with Crippen LogP contribution in [-0.4, -0.2) is 35.5 Å². The minimum Gasteiger partial charge on any atom is -0.481 e. The zero-order valence-corrected chi connectivity index (χ0v) is 15.6. The van der Waals surface area contributed by atoms with Crippen LogP contribution < -0.4 is 0 Å². The number of hydrogen-bond acceptors (Lipinski definition) is 3. The van der Waals surface area contributed by atoms with E-state index in [1.54, 1.807) is 0 Å². The standard InChI is InChI=1S/C21H34O4/c1-2-3-4-5-6-7-15(14-8-9-16-18(12-14)24-16)21(20(22)23)11-10-17-19(13-21)25-17/h14-19H,2-13H2,1H3,(H,22,23). The number of rotatable bonds is 9. The molecule has 1 N–H and O–H groups in total. The van der Waals surface area contributed by atoms with Gasteiger partial charge < -0.3 is 14.6 Å². The molecule has 2 aliphatic heterocycles. The Balaban J connectivity index is 1.47. The molecule has 4 fully saturated rings. The van der Waals surface area contributed by atoms with Crippen molar-refractivity contribution in [3.63, 3.8) is 0 Å². The Kier molecular flexibility index (Phi) is 5.11. The number of carbonyl (C=O) groups is 1. The molecule has 4 aliphatic rings. The average molecular weight is 350 g/mol. The Morgan fingerprint density at radius 3 is 2.52 bits per heavy atom. The maximum absolute atomic E-state index is 12.5. The van der Waals surface area contributed by atoms with E-state index < -0.39 is 11.4 Å². The number of hydrogen-bond donors (Lipinski definition) is 1. The van der Waals surface area contributed by atoms with E-state index in [-0.39, 0.29) is 6.10 Å². The Bertz CT molecular complexity index is 492. The summed E-state index contributed by atoms with van der Waals surface area (Å²) in [7, 11) is 0. The molecule has 4 nitrogen and oxygen atoms in total. The molecule has 0 aromatic rings. The molecule has 0 amide bonds. The summed E-state index contributed by atoms with van der Waals surface area (Å²) in [6.07, 6.45) is 14.7. The van der Waals surface area contributed by atoms with Gasteiger partial charge in [-0.05, 0) is 56.8 Å². The molecular formula is C21H34O4. The number of carboxylic acids is 1. The molecule has 2 heterocycles. The third kappa shape index (κ3) is 3.62. The Morgan fingerprint density at radius 2 is 1.80 bits per heavy atom. The van der Waals surface area contributed by atoms with E-state index in [9.17, 15) is 9.90 Å². The Hall–Kier alpha value is -0.610. The second kappa shape index (κ2) is 7.19. The third-order valence-electron chi connectivity index (χ3n) is 7.50. The van der Waals surface area contributed by atoms with Crippen molar-refractivity contribution in [3.8, 4) is 0 Å². The lowest BCUT2D eigenvalue weighted by atomic mass is 9.58. The van der Waals surface area contributed by atoms with Crippen LogP contribution in [0, 0.1) is 17.3 Å². The molecule has 0 spiro atoms. The lowest BCUT2D eigenvalue weighted by Gasteiger charge is -2.44. The molecule has 0 bridgehead atoms. The molecular weight excluding hydrogens is 316 g/mol. The number of carboxylic acid groups (broad SMARTS) is 1. The highest BCUT2D eigenvalue weighted by atomic mass is 16.6. The first-order chi connectivity index (χ1) is 12.1. The molecule has 0 radical (unpaired) electrons. The summed E-state index contributed by atoms with van der Waals surface area (Å²) >= 11 is 0. The molecule has 4 heteroatoms. The van der Waals surface area contributed by atoms with E-state index in [1.807, 2.05) is 0 Å². The SMILES string of the molecule is CCCCCCCC(C1CCC2OC2C1)C1(C(=O)O)CCC2OC2C1. The van der Waals surface area contributed by atoms with Crippen LogP contribution in [0.4, 0.5) is 0 Å². The van der Waals surface area contributed by atoms with Crippen LogP contribution in [0.5, 0.6) is 0 Å². The first kappa shape index (κ1) is 17.8. The van der Waals surface area contributed by atoms with Crippen LogP contribution in [0.15, 0.2) is 0 Å². The van der Waals surface area contributed by atoms with E-state index in [2.05, 4.69) is 6.92 Å². The van der Waals surface area contributed by atoms with E-state index in [1.165, 1.54) is 32.1 Å². The zero-order valence-electron chi connectivity index (χ0n) is 15.6. The Morgan fingerprint density at radius 1 is 1.04 bits per heavy atom. The van der Waals surface area contributed by atoms with Crippen molar-refractivity contribution in [1.82, 2.24) is 0 Å². The third-order valence-corrected chi connectivity index (χ3v) is 7.50. The summed E-state index contributed by atoms with van der Waals surface area (Å²) in [6.45, 7) is 2.24. The van der Waals surface area contributed by atoms with Crippen molar-refractivity contribution >= 4 is 5.97 Å². The summed E-state index contributed by atoms with van der Waals surface area (Å²) in [5, 5.41) is 10.3. The topological polar surface area (TPSA) is 62.4 Å². The van der Waals surface area contributed by atoms with Crippen LogP contribution in [0.1, 0.15) is 84.0 Å². The second-order valence-electron chi connectivity index (χ2n) is 9.01.